The van der Waals surface area contributed by atoms with Crippen LogP contribution >= 0.6 is 0 Å². The first-order valence-electron chi connectivity index (χ1n) is 8.55. The van der Waals surface area contributed by atoms with Gasteiger partial charge in [0, 0.05) is 5.39 Å². The van der Waals surface area contributed by atoms with E-state index in [2.05, 4.69) is 0 Å². The average Bonchev–Trinajstić information content (AvgIpc) is 2.99. The standard InChI is InChI=1S/C20H21BN2O3/c1-12(2)16-10-15(21)8-14-9-17(19(22)24)23(18(14)16)20(25)26-11-13-6-4-3-5-7-13/h3-10,12H,11,21H2,1-2H3,(H2,22,24). The van der Waals surface area contributed by atoms with Gasteiger partial charge in [0.2, 0.25) is 0 Å². The second-order valence-corrected chi connectivity index (χ2v) is 6.72. The van der Waals surface area contributed by atoms with E-state index in [0.717, 1.165) is 22.0 Å². The lowest BCUT2D eigenvalue weighted by Crippen LogP contribution is -2.23. The number of carbonyl (C=O) groups excluding carboxylic acids is 2. The molecule has 0 spiro atoms. The smallest absolute Gasteiger partial charge is 0.419 e. The Hall–Kier alpha value is -3.02. The average molecular weight is 348 g/mol. The number of benzene rings is 2. The third-order valence-corrected chi connectivity index (χ3v) is 4.33. The molecule has 0 bridgehead atoms. The van der Waals surface area contributed by atoms with E-state index in [1.54, 1.807) is 6.07 Å². The van der Waals surface area contributed by atoms with Gasteiger partial charge in [0.05, 0.1) is 5.52 Å². The van der Waals surface area contributed by atoms with Gasteiger partial charge in [0.25, 0.3) is 5.91 Å². The number of primary amides is 1. The number of hydrogen-bond donors (Lipinski definition) is 1. The molecule has 0 fully saturated rings. The van der Waals surface area contributed by atoms with E-state index in [1.165, 1.54) is 4.57 Å². The Morgan fingerprint density at radius 1 is 1.15 bits per heavy atom. The van der Waals surface area contributed by atoms with E-state index < -0.39 is 12.0 Å². The van der Waals surface area contributed by atoms with Gasteiger partial charge in [-0.25, -0.2) is 9.36 Å². The van der Waals surface area contributed by atoms with Crippen LogP contribution < -0.4 is 11.2 Å². The highest BCUT2D eigenvalue weighted by Crippen LogP contribution is 2.28. The maximum atomic E-state index is 12.8. The number of carbonyl (C=O) groups is 2. The molecular formula is C20H21BN2O3. The van der Waals surface area contributed by atoms with Crippen LogP contribution in [-0.4, -0.2) is 24.4 Å². The molecule has 2 N–H and O–H groups in total. The Balaban J connectivity index is 2.09. The Morgan fingerprint density at radius 3 is 2.46 bits per heavy atom. The Labute approximate surface area is 153 Å². The summed E-state index contributed by atoms with van der Waals surface area (Å²) in [7, 11) is 1.99. The highest BCUT2D eigenvalue weighted by Gasteiger charge is 2.23. The molecule has 0 unspecified atom stereocenters. The van der Waals surface area contributed by atoms with Crippen LogP contribution in [-0.2, 0) is 11.3 Å². The Morgan fingerprint density at radius 2 is 1.85 bits per heavy atom. The number of rotatable bonds is 4. The third kappa shape index (κ3) is 3.35. The highest BCUT2D eigenvalue weighted by atomic mass is 16.5. The van der Waals surface area contributed by atoms with E-state index >= 15 is 0 Å². The first-order chi connectivity index (χ1) is 12.4. The molecule has 0 aliphatic heterocycles. The highest BCUT2D eigenvalue weighted by molar-refractivity contribution is 6.33. The summed E-state index contributed by atoms with van der Waals surface area (Å²) in [4.78, 5) is 24.7. The quantitative estimate of drug-likeness (QED) is 0.736. The van der Waals surface area contributed by atoms with Crippen molar-refractivity contribution in [1.82, 2.24) is 4.57 Å². The molecule has 0 saturated heterocycles. The number of fused-ring (bicyclic) bond motifs is 1. The van der Waals surface area contributed by atoms with E-state index in [1.807, 2.05) is 64.2 Å². The fourth-order valence-electron chi connectivity index (χ4n) is 3.13. The monoisotopic (exact) mass is 348 g/mol. The van der Waals surface area contributed by atoms with Gasteiger partial charge >= 0.3 is 6.09 Å². The van der Waals surface area contributed by atoms with Gasteiger partial charge in [-0.3, -0.25) is 4.79 Å². The van der Waals surface area contributed by atoms with Gasteiger partial charge in [0.1, 0.15) is 20.1 Å². The van der Waals surface area contributed by atoms with Crippen molar-refractivity contribution in [2.75, 3.05) is 0 Å². The molecule has 26 heavy (non-hydrogen) atoms. The summed E-state index contributed by atoms with van der Waals surface area (Å²) in [6.07, 6.45) is -0.608. The predicted molar refractivity (Wildman–Crippen MR) is 105 cm³/mol. The summed E-state index contributed by atoms with van der Waals surface area (Å²) >= 11 is 0. The molecule has 3 rings (SSSR count). The lowest BCUT2D eigenvalue weighted by Gasteiger charge is -2.14. The van der Waals surface area contributed by atoms with Crippen LogP contribution in [0.25, 0.3) is 10.9 Å². The summed E-state index contributed by atoms with van der Waals surface area (Å²) in [5, 5.41) is 0.805. The fourth-order valence-corrected chi connectivity index (χ4v) is 3.13. The van der Waals surface area contributed by atoms with Gasteiger partial charge < -0.3 is 10.5 Å². The molecule has 132 valence electrons. The molecule has 0 radical (unpaired) electrons. The second-order valence-electron chi connectivity index (χ2n) is 6.72. The van der Waals surface area contributed by atoms with Gasteiger partial charge in [-0.1, -0.05) is 61.8 Å². The predicted octanol–water partition coefficient (Wildman–Crippen LogP) is 2.31. The molecule has 0 aliphatic carbocycles. The molecule has 5 nitrogen and oxygen atoms in total. The Kier molecular flexibility index (Phi) is 4.84. The van der Waals surface area contributed by atoms with Crippen molar-refractivity contribution in [1.29, 1.82) is 0 Å². The van der Waals surface area contributed by atoms with Gasteiger partial charge in [-0.2, -0.15) is 0 Å². The number of ether oxygens (including phenoxy) is 1. The SMILES string of the molecule is Bc1cc(C(C)C)c2c(c1)cc(C(N)=O)n2C(=O)OCc1ccccc1. The van der Waals surface area contributed by atoms with Crippen LogP contribution in [0.5, 0.6) is 0 Å². The molecule has 1 heterocycles. The Bertz CT molecular complexity index is 978. The van der Waals surface area contributed by atoms with Crippen LogP contribution in [0, 0.1) is 0 Å². The molecule has 1 aromatic heterocycles. The van der Waals surface area contributed by atoms with Crippen molar-refractivity contribution in [2.24, 2.45) is 5.73 Å². The molecule has 3 aromatic rings. The summed E-state index contributed by atoms with van der Waals surface area (Å²) in [5.41, 5.74) is 9.24. The summed E-state index contributed by atoms with van der Waals surface area (Å²) in [6, 6.07) is 15.0. The number of aromatic nitrogens is 1. The molecule has 6 heteroatoms. The van der Waals surface area contributed by atoms with Crippen molar-refractivity contribution in [3.8, 4) is 0 Å². The van der Waals surface area contributed by atoms with E-state index in [9.17, 15) is 9.59 Å². The molecule has 0 aliphatic rings. The largest absolute Gasteiger partial charge is 0.444 e. The zero-order valence-corrected chi connectivity index (χ0v) is 15.2. The topological polar surface area (TPSA) is 74.3 Å². The minimum Gasteiger partial charge on any atom is -0.444 e. The zero-order chi connectivity index (χ0) is 18.8. The van der Waals surface area contributed by atoms with Crippen LogP contribution in [0.2, 0.25) is 0 Å². The third-order valence-electron chi connectivity index (χ3n) is 4.33. The molecule has 0 saturated carbocycles. The van der Waals surface area contributed by atoms with Crippen molar-refractivity contribution >= 4 is 36.2 Å². The minimum absolute atomic E-state index is 0.125. The first kappa shape index (κ1) is 17.8. The minimum atomic E-state index is -0.662. The van der Waals surface area contributed by atoms with Crippen LogP contribution in [0.4, 0.5) is 4.79 Å². The maximum absolute atomic E-state index is 12.8. The van der Waals surface area contributed by atoms with Gasteiger partial charge in [-0.15, -0.1) is 0 Å². The fraction of sp³-hybridized carbons (Fsp3) is 0.200. The van der Waals surface area contributed by atoms with Gasteiger partial charge in [-0.05, 0) is 23.1 Å². The summed E-state index contributed by atoms with van der Waals surface area (Å²) < 4.78 is 6.75. The molecule has 2 aromatic carbocycles. The van der Waals surface area contributed by atoms with Crippen LogP contribution in [0.15, 0.2) is 48.5 Å². The van der Waals surface area contributed by atoms with Crippen molar-refractivity contribution < 1.29 is 14.3 Å². The number of amides is 1. The second kappa shape index (κ2) is 7.08. The normalized spacial score (nSPS) is 11.0. The first-order valence-corrected chi connectivity index (χ1v) is 8.55. The van der Waals surface area contributed by atoms with E-state index in [0.29, 0.717) is 5.52 Å². The molecule has 1 amide bonds. The summed E-state index contributed by atoms with van der Waals surface area (Å²) in [5.74, 6) is -0.487. The number of nitrogens with two attached hydrogens (primary N) is 1. The van der Waals surface area contributed by atoms with Crippen molar-refractivity contribution in [2.45, 2.75) is 26.4 Å². The van der Waals surface area contributed by atoms with E-state index in [-0.39, 0.29) is 18.2 Å². The number of hydrogen-bond acceptors (Lipinski definition) is 3. The van der Waals surface area contributed by atoms with E-state index in [4.69, 9.17) is 10.5 Å². The molecule has 0 atom stereocenters. The molecular weight excluding hydrogens is 327 g/mol. The lowest BCUT2D eigenvalue weighted by molar-refractivity contribution is 0.0984. The maximum Gasteiger partial charge on any atom is 0.419 e. The van der Waals surface area contributed by atoms with Crippen LogP contribution in [0.1, 0.15) is 41.4 Å². The van der Waals surface area contributed by atoms with Crippen molar-refractivity contribution in [3.63, 3.8) is 0 Å². The zero-order valence-electron chi connectivity index (χ0n) is 15.2. The van der Waals surface area contributed by atoms with Crippen molar-refractivity contribution in [3.05, 3.63) is 65.4 Å². The summed E-state index contributed by atoms with van der Waals surface area (Å²) in [6.45, 7) is 4.22. The number of nitrogens with zero attached hydrogens (tertiary/aromatic N) is 1. The van der Waals surface area contributed by atoms with Crippen LogP contribution in [0.3, 0.4) is 0 Å². The van der Waals surface area contributed by atoms with Gasteiger partial charge in [0.15, 0.2) is 0 Å². The lowest BCUT2D eigenvalue weighted by atomic mass is 9.89.